The lowest BCUT2D eigenvalue weighted by atomic mass is 10.2. The lowest BCUT2D eigenvalue weighted by Gasteiger charge is -2.28. The van der Waals surface area contributed by atoms with Gasteiger partial charge in [0.15, 0.2) is 0 Å². The predicted octanol–water partition coefficient (Wildman–Crippen LogP) is 1.13. The topological polar surface area (TPSA) is 18.5 Å². The first-order valence-corrected chi connectivity index (χ1v) is 4.70. The highest BCUT2D eigenvalue weighted by Gasteiger charge is 2.08. The summed E-state index contributed by atoms with van der Waals surface area (Å²) >= 11 is 0. The normalized spacial score (nSPS) is 14.2. The van der Waals surface area contributed by atoms with E-state index in [2.05, 4.69) is 43.3 Å². The minimum Gasteiger partial charge on any atom is -0.290 e. The molecule has 0 spiro atoms. The van der Waals surface area contributed by atoms with Gasteiger partial charge in [0.2, 0.25) is 0 Å². The second-order valence-electron chi connectivity index (χ2n) is 3.46. The van der Waals surface area contributed by atoms with Gasteiger partial charge < -0.3 is 0 Å². The highest BCUT2D eigenvalue weighted by atomic mass is 15.5. The second-order valence-corrected chi connectivity index (χ2v) is 3.46. The van der Waals surface area contributed by atoms with Crippen LogP contribution in [0, 0.1) is 0 Å². The molecule has 0 amide bonds. The molecule has 12 heavy (non-hydrogen) atoms. The summed E-state index contributed by atoms with van der Waals surface area (Å²) in [4.78, 5) is 2.35. The minimum absolute atomic E-state index is 0.672. The molecule has 0 aliphatic rings. The lowest BCUT2D eigenvalue weighted by Crippen LogP contribution is -2.43. The Morgan fingerprint density at radius 3 is 2.33 bits per heavy atom. The van der Waals surface area contributed by atoms with Crippen LogP contribution in [0.5, 0.6) is 0 Å². The summed E-state index contributed by atoms with van der Waals surface area (Å²) in [6.07, 6.45) is 2.53. The maximum absolute atomic E-state index is 3.08. The van der Waals surface area contributed by atoms with E-state index in [1.807, 2.05) is 7.05 Å². The Kier molecular flexibility index (Phi) is 6.34. The van der Waals surface area contributed by atoms with E-state index >= 15 is 0 Å². The van der Waals surface area contributed by atoms with Gasteiger partial charge in [0.25, 0.3) is 0 Å². The zero-order chi connectivity index (χ0) is 9.56. The van der Waals surface area contributed by atoms with Gasteiger partial charge in [-0.25, -0.2) is 5.01 Å². The van der Waals surface area contributed by atoms with Gasteiger partial charge in [0, 0.05) is 13.1 Å². The van der Waals surface area contributed by atoms with E-state index in [4.69, 9.17) is 0 Å². The van der Waals surface area contributed by atoms with E-state index in [9.17, 15) is 0 Å². The zero-order valence-electron chi connectivity index (χ0n) is 9.09. The monoisotopic (exact) mass is 173 g/mol. The lowest BCUT2D eigenvalue weighted by molar-refractivity contribution is 0.110. The Hall–Kier alpha value is -0.120. The van der Waals surface area contributed by atoms with Crippen LogP contribution in [0.3, 0.4) is 0 Å². The largest absolute Gasteiger partial charge is 0.290 e. The molecule has 0 rings (SSSR count). The highest BCUT2D eigenvalue weighted by molar-refractivity contribution is 4.60. The Morgan fingerprint density at radius 2 is 1.92 bits per heavy atom. The van der Waals surface area contributed by atoms with Gasteiger partial charge in [-0.3, -0.25) is 10.3 Å². The van der Waals surface area contributed by atoms with Gasteiger partial charge in [-0.05, 0) is 27.4 Å². The molecule has 0 fully saturated rings. The van der Waals surface area contributed by atoms with Crippen molar-refractivity contribution in [1.82, 2.24) is 15.3 Å². The summed E-state index contributed by atoms with van der Waals surface area (Å²) in [5, 5.41) is 2.08. The van der Waals surface area contributed by atoms with Crippen LogP contribution in [0.15, 0.2) is 0 Å². The molecule has 0 saturated carbocycles. The molecule has 74 valence electrons. The smallest absolute Gasteiger partial charge is 0.0642 e. The van der Waals surface area contributed by atoms with Crippen molar-refractivity contribution in [1.29, 1.82) is 0 Å². The number of rotatable bonds is 6. The van der Waals surface area contributed by atoms with Crippen LogP contribution in [0.4, 0.5) is 0 Å². The molecule has 0 aromatic carbocycles. The maximum Gasteiger partial charge on any atom is 0.0642 e. The van der Waals surface area contributed by atoms with Gasteiger partial charge >= 0.3 is 0 Å². The average molecular weight is 173 g/mol. The molecule has 0 heterocycles. The summed E-state index contributed by atoms with van der Waals surface area (Å²) < 4.78 is 0. The van der Waals surface area contributed by atoms with Crippen molar-refractivity contribution in [3.05, 3.63) is 0 Å². The molecule has 3 nitrogen and oxygen atoms in total. The first kappa shape index (κ1) is 11.9. The molecule has 0 aromatic heterocycles. The van der Waals surface area contributed by atoms with Crippen LogP contribution in [0.25, 0.3) is 0 Å². The Bertz CT molecular complexity index is 106. The van der Waals surface area contributed by atoms with E-state index in [-0.39, 0.29) is 0 Å². The van der Waals surface area contributed by atoms with Crippen molar-refractivity contribution < 1.29 is 0 Å². The van der Waals surface area contributed by atoms with Crippen LogP contribution in [0.1, 0.15) is 26.7 Å². The van der Waals surface area contributed by atoms with E-state index in [1.165, 1.54) is 12.8 Å². The average Bonchev–Trinajstić information content (AvgIpc) is 2.04. The number of nitrogens with one attached hydrogen (secondary N) is 1. The van der Waals surface area contributed by atoms with Crippen molar-refractivity contribution in [3.63, 3.8) is 0 Å². The standard InChI is InChI=1S/C9H23N3/c1-6-7-9(2)11(4)8-12(5)10-3/h9-10H,6-8H2,1-5H3. The van der Waals surface area contributed by atoms with Gasteiger partial charge in [0.05, 0.1) is 6.67 Å². The fraction of sp³-hybridized carbons (Fsp3) is 1.00. The van der Waals surface area contributed by atoms with E-state index < -0.39 is 0 Å². The van der Waals surface area contributed by atoms with Crippen LogP contribution in [0.2, 0.25) is 0 Å². The summed E-state index contributed by atoms with van der Waals surface area (Å²) in [6.45, 7) is 5.47. The summed E-state index contributed by atoms with van der Waals surface area (Å²) in [5.74, 6) is 0. The summed E-state index contributed by atoms with van der Waals surface area (Å²) in [6, 6.07) is 0.672. The van der Waals surface area contributed by atoms with Gasteiger partial charge in [-0.2, -0.15) is 0 Å². The third-order valence-electron chi connectivity index (χ3n) is 2.28. The first-order chi connectivity index (χ1) is 5.61. The van der Waals surface area contributed by atoms with Crippen molar-refractivity contribution in [3.8, 4) is 0 Å². The molecule has 0 radical (unpaired) electrons. The van der Waals surface area contributed by atoms with Crippen LogP contribution >= 0.6 is 0 Å². The number of nitrogens with zero attached hydrogens (tertiary/aromatic N) is 2. The summed E-state index contributed by atoms with van der Waals surface area (Å²) in [7, 11) is 6.15. The zero-order valence-corrected chi connectivity index (χ0v) is 9.09. The SMILES string of the molecule is CCCC(C)N(C)CN(C)NC. The van der Waals surface area contributed by atoms with E-state index in [1.54, 1.807) is 0 Å². The molecule has 0 bridgehead atoms. The molecule has 0 aliphatic carbocycles. The fourth-order valence-electron chi connectivity index (χ4n) is 1.18. The van der Waals surface area contributed by atoms with Crippen LogP contribution < -0.4 is 5.43 Å². The van der Waals surface area contributed by atoms with Gasteiger partial charge in [-0.15, -0.1) is 0 Å². The van der Waals surface area contributed by atoms with Crippen molar-refractivity contribution in [2.75, 3.05) is 27.8 Å². The Labute approximate surface area is 76.7 Å². The Balaban J connectivity index is 3.62. The van der Waals surface area contributed by atoms with Crippen molar-refractivity contribution in [2.45, 2.75) is 32.7 Å². The van der Waals surface area contributed by atoms with Crippen LogP contribution in [-0.2, 0) is 0 Å². The second kappa shape index (κ2) is 6.40. The molecular weight excluding hydrogens is 150 g/mol. The maximum atomic E-state index is 3.08. The fourth-order valence-corrected chi connectivity index (χ4v) is 1.18. The van der Waals surface area contributed by atoms with Gasteiger partial charge in [-0.1, -0.05) is 13.3 Å². The number of hydrazine groups is 1. The Morgan fingerprint density at radius 1 is 1.33 bits per heavy atom. The van der Waals surface area contributed by atoms with Crippen molar-refractivity contribution in [2.24, 2.45) is 0 Å². The number of hydrogen-bond donors (Lipinski definition) is 1. The third kappa shape index (κ3) is 4.70. The van der Waals surface area contributed by atoms with E-state index in [0.29, 0.717) is 6.04 Å². The predicted molar refractivity (Wildman–Crippen MR) is 53.8 cm³/mol. The molecule has 1 unspecified atom stereocenters. The molecule has 1 N–H and O–H groups in total. The number of hydrogen-bond acceptors (Lipinski definition) is 3. The van der Waals surface area contributed by atoms with Crippen molar-refractivity contribution >= 4 is 0 Å². The van der Waals surface area contributed by atoms with Gasteiger partial charge in [0.1, 0.15) is 0 Å². The molecule has 0 aliphatic heterocycles. The summed E-state index contributed by atoms with van der Waals surface area (Å²) in [5.41, 5.74) is 3.08. The highest BCUT2D eigenvalue weighted by Crippen LogP contribution is 2.03. The molecule has 0 saturated heterocycles. The molecule has 0 aromatic rings. The molecule has 1 atom stereocenters. The minimum atomic E-state index is 0.672. The molecule has 3 heteroatoms. The quantitative estimate of drug-likeness (QED) is 0.480. The van der Waals surface area contributed by atoms with Crippen LogP contribution in [-0.4, -0.2) is 43.8 Å². The molecular formula is C9H23N3. The first-order valence-electron chi connectivity index (χ1n) is 4.70. The third-order valence-corrected chi connectivity index (χ3v) is 2.28. The van der Waals surface area contributed by atoms with E-state index in [0.717, 1.165) is 6.67 Å².